The van der Waals surface area contributed by atoms with Crippen LogP contribution in [-0.2, 0) is 4.79 Å². The van der Waals surface area contributed by atoms with Crippen LogP contribution in [-0.4, -0.2) is 39.4 Å². The third kappa shape index (κ3) is 3.19. The van der Waals surface area contributed by atoms with Gasteiger partial charge in [-0.2, -0.15) is 0 Å². The molecule has 2 amide bonds. The summed E-state index contributed by atoms with van der Waals surface area (Å²) in [5, 5.41) is 3.25. The number of rotatable bonds is 3. The highest BCUT2D eigenvalue weighted by Gasteiger charge is 2.32. The Hall–Kier alpha value is -3.13. The molecule has 1 aliphatic rings. The van der Waals surface area contributed by atoms with Gasteiger partial charge in [-0.3, -0.25) is 14.6 Å². The van der Waals surface area contributed by atoms with Crippen LogP contribution in [0, 0.1) is 0 Å². The van der Waals surface area contributed by atoms with Crippen molar-refractivity contribution in [2.45, 2.75) is 18.9 Å². The maximum absolute atomic E-state index is 12.9. The summed E-state index contributed by atoms with van der Waals surface area (Å²) in [6.07, 6.45) is 2.69. The van der Waals surface area contributed by atoms with Crippen molar-refractivity contribution in [3.8, 4) is 0 Å². The highest BCUT2D eigenvalue weighted by Crippen LogP contribution is 2.28. The van der Waals surface area contributed by atoms with Gasteiger partial charge in [-0.05, 0) is 31.0 Å². The molecule has 1 saturated heterocycles. The van der Waals surface area contributed by atoms with E-state index in [1.54, 1.807) is 23.1 Å². The number of hydrogen-bond donors (Lipinski definition) is 3. The van der Waals surface area contributed by atoms with Crippen molar-refractivity contribution >= 4 is 40.3 Å². The highest BCUT2D eigenvalue weighted by molar-refractivity contribution is 6.33. The van der Waals surface area contributed by atoms with Crippen molar-refractivity contribution in [3.63, 3.8) is 0 Å². The number of para-hydroxylation sites is 1. The van der Waals surface area contributed by atoms with Crippen molar-refractivity contribution in [3.05, 3.63) is 57.6 Å². The Morgan fingerprint density at radius 3 is 2.85 bits per heavy atom. The number of anilines is 1. The molecule has 3 aromatic rings. The number of halogens is 1. The number of benzene rings is 1. The monoisotopic (exact) mass is 385 g/mol. The van der Waals surface area contributed by atoms with Crippen LogP contribution in [0.15, 0.2) is 41.3 Å². The average Bonchev–Trinajstić information content (AvgIpc) is 3.04. The summed E-state index contributed by atoms with van der Waals surface area (Å²) in [4.78, 5) is 47.8. The van der Waals surface area contributed by atoms with E-state index >= 15 is 0 Å². The first-order valence-electron chi connectivity index (χ1n) is 8.48. The standard InChI is InChI=1S/C18H16ClN5O3/c19-11-4-1-2-6-13(11)24-9-3-5-12(17(24)26)21-16(25)10-7-8-20-15-14(10)22-18(27)23-15/h1-2,4,6-8,12H,3,5,9H2,(H,21,25)(H2,20,22,23,27). The fourth-order valence-electron chi connectivity index (χ4n) is 3.28. The molecule has 9 heteroatoms. The van der Waals surface area contributed by atoms with E-state index in [-0.39, 0.29) is 11.5 Å². The number of fused-ring (bicyclic) bond motifs is 1. The lowest BCUT2D eigenvalue weighted by Crippen LogP contribution is -2.52. The number of carbonyl (C=O) groups is 2. The zero-order valence-corrected chi connectivity index (χ0v) is 14.9. The minimum absolute atomic E-state index is 0.212. The first-order valence-corrected chi connectivity index (χ1v) is 8.86. The molecular weight excluding hydrogens is 370 g/mol. The lowest BCUT2D eigenvalue weighted by atomic mass is 10.0. The molecule has 4 rings (SSSR count). The zero-order chi connectivity index (χ0) is 19.0. The van der Waals surface area contributed by atoms with Crippen LogP contribution in [0.5, 0.6) is 0 Å². The Labute approximate surface area is 158 Å². The van der Waals surface area contributed by atoms with Crippen LogP contribution in [0.4, 0.5) is 5.69 Å². The first kappa shape index (κ1) is 17.3. The van der Waals surface area contributed by atoms with E-state index in [1.807, 2.05) is 6.07 Å². The lowest BCUT2D eigenvalue weighted by Gasteiger charge is -2.33. The van der Waals surface area contributed by atoms with Gasteiger partial charge < -0.3 is 15.2 Å². The fraction of sp³-hybridized carbons (Fsp3) is 0.222. The number of amides is 2. The predicted molar refractivity (Wildman–Crippen MR) is 101 cm³/mol. The highest BCUT2D eigenvalue weighted by atomic mass is 35.5. The third-order valence-corrected chi connectivity index (χ3v) is 4.87. The van der Waals surface area contributed by atoms with E-state index < -0.39 is 17.6 Å². The number of aromatic amines is 2. The summed E-state index contributed by atoms with van der Waals surface area (Å²) in [6, 6.07) is 7.94. The molecular formula is C18H16ClN5O3. The van der Waals surface area contributed by atoms with E-state index in [9.17, 15) is 14.4 Å². The van der Waals surface area contributed by atoms with Gasteiger partial charge in [0.2, 0.25) is 5.91 Å². The maximum atomic E-state index is 12.9. The van der Waals surface area contributed by atoms with Gasteiger partial charge in [0, 0.05) is 12.7 Å². The Kier molecular flexibility index (Phi) is 4.41. The van der Waals surface area contributed by atoms with Gasteiger partial charge in [0.15, 0.2) is 5.65 Å². The van der Waals surface area contributed by atoms with Crippen LogP contribution in [0.3, 0.4) is 0 Å². The molecule has 2 aromatic heterocycles. The Balaban J connectivity index is 1.58. The maximum Gasteiger partial charge on any atom is 0.325 e. The van der Waals surface area contributed by atoms with Crippen LogP contribution < -0.4 is 15.9 Å². The molecule has 8 nitrogen and oxygen atoms in total. The van der Waals surface area contributed by atoms with Crippen molar-refractivity contribution in [1.29, 1.82) is 0 Å². The van der Waals surface area contributed by atoms with Crippen molar-refractivity contribution in [1.82, 2.24) is 20.3 Å². The number of piperidine rings is 1. The number of nitrogens with zero attached hydrogens (tertiary/aromatic N) is 2. The fourth-order valence-corrected chi connectivity index (χ4v) is 3.52. The van der Waals surface area contributed by atoms with Crippen LogP contribution >= 0.6 is 11.6 Å². The summed E-state index contributed by atoms with van der Waals surface area (Å²) in [5.41, 5.74) is 1.04. The quantitative estimate of drug-likeness (QED) is 0.638. The van der Waals surface area contributed by atoms with Gasteiger partial charge in [-0.1, -0.05) is 23.7 Å². The van der Waals surface area contributed by atoms with E-state index in [0.717, 1.165) is 6.42 Å². The molecule has 0 aliphatic carbocycles. The summed E-state index contributed by atoms with van der Waals surface area (Å²) in [6.45, 7) is 0.541. The normalized spacial score (nSPS) is 17.3. The predicted octanol–water partition coefficient (Wildman–Crippen LogP) is 1.83. The molecule has 0 radical (unpaired) electrons. The second-order valence-corrected chi connectivity index (χ2v) is 6.68. The summed E-state index contributed by atoms with van der Waals surface area (Å²) in [5.74, 6) is -0.660. The molecule has 1 atom stereocenters. The van der Waals surface area contributed by atoms with Gasteiger partial charge in [-0.15, -0.1) is 0 Å². The third-order valence-electron chi connectivity index (χ3n) is 4.55. The number of pyridine rings is 1. The second kappa shape index (κ2) is 6.88. The average molecular weight is 386 g/mol. The lowest BCUT2D eigenvalue weighted by molar-refractivity contribution is -0.121. The summed E-state index contributed by atoms with van der Waals surface area (Å²) < 4.78 is 0. The number of H-pyrrole nitrogens is 2. The smallest absolute Gasteiger partial charge is 0.325 e. The topological polar surface area (TPSA) is 111 Å². The molecule has 0 saturated carbocycles. The Morgan fingerprint density at radius 2 is 2.04 bits per heavy atom. The van der Waals surface area contributed by atoms with Crippen molar-refractivity contribution in [2.75, 3.05) is 11.4 Å². The Bertz CT molecular complexity index is 1090. The van der Waals surface area contributed by atoms with Crippen LogP contribution in [0.25, 0.3) is 11.2 Å². The van der Waals surface area contributed by atoms with Gasteiger partial charge in [-0.25, -0.2) is 9.78 Å². The summed E-state index contributed by atoms with van der Waals surface area (Å²) >= 11 is 6.21. The van der Waals surface area contributed by atoms with Crippen molar-refractivity contribution in [2.24, 2.45) is 0 Å². The summed E-state index contributed by atoms with van der Waals surface area (Å²) in [7, 11) is 0. The molecule has 27 heavy (non-hydrogen) atoms. The first-order chi connectivity index (χ1) is 13.0. The number of aromatic nitrogens is 3. The van der Waals surface area contributed by atoms with E-state index in [0.29, 0.717) is 34.8 Å². The minimum atomic E-state index is -0.670. The van der Waals surface area contributed by atoms with Gasteiger partial charge >= 0.3 is 5.69 Å². The molecule has 138 valence electrons. The molecule has 1 fully saturated rings. The van der Waals surface area contributed by atoms with Gasteiger partial charge in [0.1, 0.15) is 6.04 Å². The molecule has 1 aliphatic heterocycles. The SMILES string of the molecule is O=C(NC1CCCN(c2ccccc2Cl)C1=O)c1ccnc2[nH]c(=O)[nH]c12. The minimum Gasteiger partial charge on any atom is -0.340 e. The molecule has 0 spiro atoms. The molecule has 0 bridgehead atoms. The van der Waals surface area contributed by atoms with Crippen LogP contribution in [0.2, 0.25) is 5.02 Å². The van der Waals surface area contributed by atoms with E-state index in [2.05, 4.69) is 20.3 Å². The van der Waals surface area contributed by atoms with E-state index in [1.165, 1.54) is 12.3 Å². The largest absolute Gasteiger partial charge is 0.340 e. The molecule has 1 unspecified atom stereocenters. The Morgan fingerprint density at radius 1 is 1.22 bits per heavy atom. The van der Waals surface area contributed by atoms with Crippen molar-refractivity contribution < 1.29 is 9.59 Å². The molecule has 3 heterocycles. The molecule has 3 N–H and O–H groups in total. The number of hydrogen-bond acceptors (Lipinski definition) is 4. The van der Waals surface area contributed by atoms with Gasteiger partial charge in [0.05, 0.1) is 21.8 Å². The second-order valence-electron chi connectivity index (χ2n) is 6.27. The molecule has 1 aromatic carbocycles. The van der Waals surface area contributed by atoms with Gasteiger partial charge in [0.25, 0.3) is 5.91 Å². The van der Waals surface area contributed by atoms with Crippen LogP contribution in [0.1, 0.15) is 23.2 Å². The number of nitrogens with one attached hydrogen (secondary N) is 3. The number of carbonyl (C=O) groups excluding carboxylic acids is 2. The van der Waals surface area contributed by atoms with E-state index in [4.69, 9.17) is 11.6 Å². The zero-order valence-electron chi connectivity index (χ0n) is 14.2. The number of imidazole rings is 1.